The Labute approximate surface area is 98.2 Å². The first-order valence-corrected chi connectivity index (χ1v) is 6.07. The number of fused-ring (bicyclic) bond motifs is 1. The van der Waals surface area contributed by atoms with Crippen molar-refractivity contribution < 1.29 is 0 Å². The van der Waals surface area contributed by atoms with Gasteiger partial charge in [0.2, 0.25) is 0 Å². The molecule has 0 saturated heterocycles. The second-order valence-electron chi connectivity index (χ2n) is 4.05. The number of nitrogens with zero attached hydrogens (tertiary/aromatic N) is 1. The van der Waals surface area contributed by atoms with Gasteiger partial charge >= 0.3 is 0 Å². The Balaban J connectivity index is 2.60. The Morgan fingerprint density at radius 3 is 2.87 bits per heavy atom. The van der Waals surface area contributed by atoms with Crippen molar-refractivity contribution in [2.75, 3.05) is 0 Å². The molecule has 0 amide bonds. The molecule has 0 bridgehead atoms. The summed E-state index contributed by atoms with van der Waals surface area (Å²) >= 11 is 3.50. The molecule has 1 heterocycles. The zero-order chi connectivity index (χ0) is 11.0. The maximum atomic E-state index is 4.65. The fourth-order valence-corrected chi connectivity index (χ4v) is 2.26. The van der Waals surface area contributed by atoms with E-state index >= 15 is 0 Å². The number of halogens is 1. The van der Waals surface area contributed by atoms with Gasteiger partial charge in [-0.15, -0.1) is 0 Å². The summed E-state index contributed by atoms with van der Waals surface area (Å²) in [5, 5.41) is 0. The van der Waals surface area contributed by atoms with Crippen LogP contribution in [0.3, 0.4) is 0 Å². The van der Waals surface area contributed by atoms with Gasteiger partial charge in [-0.2, -0.15) is 0 Å². The minimum Gasteiger partial charge on any atom is -0.342 e. The van der Waals surface area contributed by atoms with Gasteiger partial charge in [-0.1, -0.05) is 29.8 Å². The van der Waals surface area contributed by atoms with Gasteiger partial charge in [0.15, 0.2) is 0 Å². The minimum absolute atomic E-state index is 0.496. The molecule has 1 N–H and O–H groups in total. The first kappa shape index (κ1) is 10.7. The molecule has 0 fully saturated rings. The van der Waals surface area contributed by atoms with Gasteiger partial charge in [-0.05, 0) is 31.0 Å². The lowest BCUT2D eigenvalue weighted by molar-refractivity contribution is 0.692. The summed E-state index contributed by atoms with van der Waals surface area (Å²) in [6, 6.07) is 4.19. The third-order valence-corrected chi connectivity index (χ3v) is 3.30. The number of imidazole rings is 1. The molecule has 2 rings (SSSR count). The van der Waals surface area contributed by atoms with E-state index in [2.05, 4.69) is 58.8 Å². The topological polar surface area (TPSA) is 28.7 Å². The lowest BCUT2D eigenvalue weighted by Crippen LogP contribution is -1.93. The monoisotopic (exact) mass is 266 g/mol. The van der Waals surface area contributed by atoms with Gasteiger partial charge in [0, 0.05) is 10.4 Å². The van der Waals surface area contributed by atoms with Crippen LogP contribution in [0.4, 0.5) is 0 Å². The molecule has 3 heteroatoms. The van der Waals surface area contributed by atoms with E-state index in [1.807, 2.05) is 0 Å². The molecule has 1 unspecified atom stereocenters. The maximum Gasteiger partial charge on any atom is 0.110 e. The molecule has 2 nitrogen and oxygen atoms in total. The summed E-state index contributed by atoms with van der Waals surface area (Å²) in [6.45, 7) is 6.47. The predicted molar refractivity (Wildman–Crippen MR) is 67.2 cm³/mol. The van der Waals surface area contributed by atoms with Crippen molar-refractivity contribution in [3.05, 3.63) is 28.0 Å². The van der Waals surface area contributed by atoms with E-state index in [1.165, 1.54) is 5.56 Å². The van der Waals surface area contributed by atoms with Crippen LogP contribution >= 0.6 is 15.9 Å². The minimum atomic E-state index is 0.496. The third-order valence-electron chi connectivity index (χ3n) is 2.84. The van der Waals surface area contributed by atoms with Crippen LogP contribution in [0.15, 0.2) is 16.6 Å². The molecule has 0 aliphatic carbocycles. The summed E-state index contributed by atoms with van der Waals surface area (Å²) in [7, 11) is 0. The highest BCUT2D eigenvalue weighted by Gasteiger charge is 2.10. The number of aryl methyl sites for hydroxylation is 1. The zero-order valence-corrected chi connectivity index (χ0v) is 10.9. The van der Waals surface area contributed by atoms with Crippen molar-refractivity contribution in [2.24, 2.45) is 0 Å². The van der Waals surface area contributed by atoms with Crippen molar-refractivity contribution in [2.45, 2.75) is 33.1 Å². The number of aromatic nitrogens is 2. The Morgan fingerprint density at radius 2 is 2.20 bits per heavy atom. The summed E-state index contributed by atoms with van der Waals surface area (Å²) in [5.74, 6) is 1.59. The molecule has 15 heavy (non-hydrogen) atoms. The lowest BCUT2D eigenvalue weighted by atomic mass is 10.1. The zero-order valence-electron chi connectivity index (χ0n) is 9.26. The molecule has 0 radical (unpaired) electrons. The van der Waals surface area contributed by atoms with E-state index in [9.17, 15) is 0 Å². The SMILES string of the molecule is CCC(C)c1nc2c(C)cc(Br)cc2[nH]1. The Bertz CT molecular complexity index is 488. The number of hydrogen-bond acceptors (Lipinski definition) is 1. The first-order valence-electron chi connectivity index (χ1n) is 5.27. The average molecular weight is 267 g/mol. The van der Waals surface area contributed by atoms with Gasteiger partial charge in [-0.3, -0.25) is 0 Å². The molecule has 1 atom stereocenters. The molecule has 80 valence electrons. The Hall–Kier alpha value is -0.830. The van der Waals surface area contributed by atoms with Crippen LogP contribution in [0, 0.1) is 6.92 Å². The highest BCUT2D eigenvalue weighted by Crippen LogP contribution is 2.25. The lowest BCUT2D eigenvalue weighted by Gasteiger charge is -2.01. The van der Waals surface area contributed by atoms with Gasteiger partial charge in [-0.25, -0.2) is 4.98 Å². The van der Waals surface area contributed by atoms with E-state index < -0.39 is 0 Å². The Morgan fingerprint density at radius 1 is 1.47 bits per heavy atom. The molecule has 1 aromatic carbocycles. The molecular weight excluding hydrogens is 252 g/mol. The average Bonchev–Trinajstić information content (AvgIpc) is 2.60. The molecule has 0 aliphatic heterocycles. The van der Waals surface area contributed by atoms with Crippen molar-refractivity contribution >= 4 is 27.0 Å². The molecule has 0 saturated carbocycles. The van der Waals surface area contributed by atoms with Gasteiger partial charge < -0.3 is 4.98 Å². The van der Waals surface area contributed by atoms with Crippen LogP contribution < -0.4 is 0 Å². The molecule has 1 aromatic heterocycles. The van der Waals surface area contributed by atoms with E-state index in [4.69, 9.17) is 0 Å². The summed E-state index contributed by atoms with van der Waals surface area (Å²) < 4.78 is 1.10. The van der Waals surface area contributed by atoms with E-state index in [0.717, 1.165) is 27.8 Å². The number of nitrogens with one attached hydrogen (secondary N) is 1. The summed E-state index contributed by atoms with van der Waals surface area (Å²) in [5.41, 5.74) is 3.43. The fourth-order valence-electron chi connectivity index (χ4n) is 1.69. The smallest absolute Gasteiger partial charge is 0.110 e. The molecule has 2 aromatic rings. The number of hydrogen-bond donors (Lipinski definition) is 1. The molecule has 0 aliphatic rings. The Kier molecular flexibility index (Phi) is 2.83. The first-order chi connectivity index (χ1) is 7.11. The van der Waals surface area contributed by atoms with Gasteiger partial charge in [0.1, 0.15) is 5.82 Å². The van der Waals surface area contributed by atoms with Crippen molar-refractivity contribution in [1.82, 2.24) is 9.97 Å². The van der Waals surface area contributed by atoms with Crippen molar-refractivity contribution in [1.29, 1.82) is 0 Å². The third kappa shape index (κ3) is 1.93. The summed E-state index contributed by atoms with van der Waals surface area (Å²) in [6.07, 6.45) is 1.11. The van der Waals surface area contributed by atoms with Gasteiger partial charge in [0.25, 0.3) is 0 Å². The van der Waals surface area contributed by atoms with Gasteiger partial charge in [0.05, 0.1) is 11.0 Å². The number of rotatable bonds is 2. The number of aromatic amines is 1. The fraction of sp³-hybridized carbons (Fsp3) is 0.417. The van der Waals surface area contributed by atoms with Crippen LogP contribution in [0.1, 0.15) is 37.6 Å². The number of benzene rings is 1. The van der Waals surface area contributed by atoms with Crippen LogP contribution in [0.2, 0.25) is 0 Å². The predicted octanol–water partition coefficient (Wildman–Crippen LogP) is 4.15. The molecular formula is C12H15BrN2. The highest BCUT2D eigenvalue weighted by molar-refractivity contribution is 9.10. The molecule has 0 spiro atoms. The largest absolute Gasteiger partial charge is 0.342 e. The van der Waals surface area contributed by atoms with Crippen molar-refractivity contribution in [3.63, 3.8) is 0 Å². The van der Waals surface area contributed by atoms with Crippen LogP contribution in [0.25, 0.3) is 11.0 Å². The second kappa shape index (κ2) is 3.97. The van der Waals surface area contributed by atoms with E-state index in [1.54, 1.807) is 0 Å². The van der Waals surface area contributed by atoms with Crippen LogP contribution in [-0.4, -0.2) is 9.97 Å². The standard InChI is InChI=1S/C12H15BrN2/c1-4-7(2)12-14-10-6-9(13)5-8(3)11(10)15-12/h5-7H,4H2,1-3H3,(H,14,15). The van der Waals surface area contributed by atoms with Crippen LogP contribution in [0.5, 0.6) is 0 Å². The number of H-pyrrole nitrogens is 1. The normalized spacial score (nSPS) is 13.3. The van der Waals surface area contributed by atoms with E-state index in [0.29, 0.717) is 5.92 Å². The quantitative estimate of drug-likeness (QED) is 0.870. The maximum absolute atomic E-state index is 4.65. The van der Waals surface area contributed by atoms with E-state index in [-0.39, 0.29) is 0 Å². The summed E-state index contributed by atoms with van der Waals surface area (Å²) in [4.78, 5) is 8.03. The van der Waals surface area contributed by atoms with Crippen molar-refractivity contribution in [3.8, 4) is 0 Å². The van der Waals surface area contributed by atoms with Crippen LogP contribution in [-0.2, 0) is 0 Å². The highest BCUT2D eigenvalue weighted by atomic mass is 79.9. The second-order valence-corrected chi connectivity index (χ2v) is 4.97.